The summed E-state index contributed by atoms with van der Waals surface area (Å²) in [5.74, 6) is 2.45. The summed E-state index contributed by atoms with van der Waals surface area (Å²) in [6.07, 6.45) is 12.4. The van der Waals surface area contributed by atoms with Crippen molar-refractivity contribution >= 4 is 0 Å². The van der Waals surface area contributed by atoms with Crippen molar-refractivity contribution in [2.75, 3.05) is 0 Å². The van der Waals surface area contributed by atoms with Crippen molar-refractivity contribution in [3.63, 3.8) is 0 Å². The van der Waals surface area contributed by atoms with Gasteiger partial charge < -0.3 is 0 Å². The van der Waals surface area contributed by atoms with E-state index in [1.807, 2.05) is 6.08 Å². The molecule has 0 saturated carbocycles. The average molecular weight is 108 g/mol. The molecule has 0 aromatic rings. The van der Waals surface area contributed by atoms with Crippen LogP contribution in [-0.2, 0) is 0 Å². The molecule has 0 saturated heterocycles. The highest BCUT2D eigenvalue weighted by atomic mass is 13.8. The Kier molecular flexibility index (Phi) is 5.75. The molecular formula is C8H12. The zero-order valence-electron chi connectivity index (χ0n) is 5.35. The number of hydrogen-bond acceptors (Lipinski definition) is 0. The topological polar surface area (TPSA) is 0 Å². The summed E-state index contributed by atoms with van der Waals surface area (Å²) in [6.45, 7) is 2.17. The maximum atomic E-state index is 4.97. The zero-order chi connectivity index (χ0) is 6.24. The normalized spacial score (nSPS) is 9.50. The fourth-order valence-corrected chi connectivity index (χ4v) is 0.473. The monoisotopic (exact) mass is 108 g/mol. The molecule has 0 bridgehead atoms. The van der Waals surface area contributed by atoms with Crippen LogP contribution in [0.3, 0.4) is 0 Å². The standard InChI is InChI=1S/C8H12/c1-3-5-7-8-6-4-2/h1,5,7H,4,6,8H2,2H3/b7-5-. The predicted molar refractivity (Wildman–Crippen MR) is 37.5 cm³/mol. The van der Waals surface area contributed by atoms with Gasteiger partial charge in [0.1, 0.15) is 0 Å². The van der Waals surface area contributed by atoms with Crippen LogP contribution in [0.4, 0.5) is 0 Å². The molecule has 8 heavy (non-hydrogen) atoms. The quantitative estimate of drug-likeness (QED) is 0.384. The molecule has 0 amide bonds. The molecule has 0 aromatic heterocycles. The third-order valence-corrected chi connectivity index (χ3v) is 0.938. The van der Waals surface area contributed by atoms with E-state index in [9.17, 15) is 0 Å². The molecule has 0 aliphatic rings. The van der Waals surface area contributed by atoms with Crippen molar-refractivity contribution in [1.29, 1.82) is 0 Å². The molecule has 0 aromatic carbocycles. The zero-order valence-corrected chi connectivity index (χ0v) is 5.35. The smallest absolute Gasteiger partial charge is 0.0162 e. The van der Waals surface area contributed by atoms with Gasteiger partial charge in [-0.1, -0.05) is 31.8 Å². The van der Waals surface area contributed by atoms with E-state index in [1.165, 1.54) is 12.8 Å². The Morgan fingerprint density at radius 1 is 1.62 bits per heavy atom. The second-order valence-electron chi connectivity index (χ2n) is 1.71. The molecule has 0 unspecified atom stereocenters. The molecule has 0 aliphatic heterocycles. The third-order valence-electron chi connectivity index (χ3n) is 0.938. The molecular weight excluding hydrogens is 96.1 g/mol. The van der Waals surface area contributed by atoms with Crippen molar-refractivity contribution in [3.8, 4) is 12.3 Å². The minimum absolute atomic E-state index is 1.13. The molecule has 0 rings (SSSR count). The number of terminal acetylenes is 1. The van der Waals surface area contributed by atoms with E-state index in [-0.39, 0.29) is 0 Å². The lowest BCUT2D eigenvalue weighted by molar-refractivity contribution is 0.815. The SMILES string of the molecule is C#C/C=C\CCCC. The summed E-state index contributed by atoms with van der Waals surface area (Å²) < 4.78 is 0. The summed E-state index contributed by atoms with van der Waals surface area (Å²) in [5.41, 5.74) is 0. The number of rotatable bonds is 3. The highest BCUT2D eigenvalue weighted by Crippen LogP contribution is 1.93. The first kappa shape index (κ1) is 7.30. The van der Waals surface area contributed by atoms with Crippen LogP contribution in [0.25, 0.3) is 0 Å². The van der Waals surface area contributed by atoms with Gasteiger partial charge >= 0.3 is 0 Å². The number of allylic oxidation sites excluding steroid dienone is 2. The fraction of sp³-hybridized carbons (Fsp3) is 0.500. The molecule has 0 N–H and O–H groups in total. The molecule has 0 heterocycles. The molecule has 44 valence electrons. The van der Waals surface area contributed by atoms with Gasteiger partial charge in [0.2, 0.25) is 0 Å². The lowest BCUT2D eigenvalue weighted by Gasteiger charge is -1.83. The highest BCUT2D eigenvalue weighted by Gasteiger charge is 1.73. The van der Waals surface area contributed by atoms with E-state index < -0.39 is 0 Å². The van der Waals surface area contributed by atoms with Gasteiger partial charge in [-0.2, -0.15) is 0 Å². The maximum absolute atomic E-state index is 4.97. The molecule has 0 nitrogen and oxygen atoms in total. The Morgan fingerprint density at radius 3 is 2.88 bits per heavy atom. The Hall–Kier alpha value is -0.700. The van der Waals surface area contributed by atoms with Crippen molar-refractivity contribution < 1.29 is 0 Å². The summed E-state index contributed by atoms with van der Waals surface area (Å²) in [6, 6.07) is 0. The van der Waals surface area contributed by atoms with Crippen molar-refractivity contribution in [2.24, 2.45) is 0 Å². The predicted octanol–water partition coefficient (Wildman–Crippen LogP) is 2.37. The van der Waals surface area contributed by atoms with E-state index in [1.54, 1.807) is 6.08 Å². The number of hydrogen-bond donors (Lipinski definition) is 0. The minimum Gasteiger partial charge on any atom is -0.115 e. The van der Waals surface area contributed by atoms with Gasteiger partial charge in [0, 0.05) is 0 Å². The molecule has 0 radical (unpaired) electrons. The molecule has 0 aliphatic carbocycles. The van der Waals surface area contributed by atoms with Gasteiger partial charge in [0.15, 0.2) is 0 Å². The first-order chi connectivity index (χ1) is 3.91. The third kappa shape index (κ3) is 5.30. The van der Waals surface area contributed by atoms with Crippen molar-refractivity contribution in [3.05, 3.63) is 12.2 Å². The van der Waals surface area contributed by atoms with Crippen LogP contribution < -0.4 is 0 Å². The van der Waals surface area contributed by atoms with Gasteiger partial charge in [-0.15, -0.1) is 6.42 Å². The van der Waals surface area contributed by atoms with E-state index in [0.717, 1.165) is 6.42 Å². The van der Waals surface area contributed by atoms with E-state index in [0.29, 0.717) is 0 Å². The van der Waals surface area contributed by atoms with Crippen LogP contribution in [0, 0.1) is 12.3 Å². The molecule has 0 fully saturated rings. The molecule has 0 atom stereocenters. The molecule has 0 spiro atoms. The van der Waals surface area contributed by atoms with Crippen LogP contribution in [0.1, 0.15) is 26.2 Å². The van der Waals surface area contributed by atoms with Gasteiger partial charge in [-0.05, 0) is 12.5 Å². The Labute approximate surface area is 51.6 Å². The van der Waals surface area contributed by atoms with Crippen LogP contribution in [-0.4, -0.2) is 0 Å². The lowest BCUT2D eigenvalue weighted by atomic mass is 10.2. The summed E-state index contributed by atoms with van der Waals surface area (Å²) >= 11 is 0. The molecule has 0 heteroatoms. The Morgan fingerprint density at radius 2 is 2.38 bits per heavy atom. The van der Waals surface area contributed by atoms with E-state index in [4.69, 9.17) is 6.42 Å². The first-order valence-corrected chi connectivity index (χ1v) is 3.03. The highest BCUT2D eigenvalue weighted by molar-refractivity contribution is 5.08. The fourth-order valence-electron chi connectivity index (χ4n) is 0.473. The van der Waals surface area contributed by atoms with Gasteiger partial charge in [-0.3, -0.25) is 0 Å². The largest absolute Gasteiger partial charge is 0.115 e. The van der Waals surface area contributed by atoms with Crippen LogP contribution in [0.15, 0.2) is 12.2 Å². The van der Waals surface area contributed by atoms with Crippen LogP contribution in [0.5, 0.6) is 0 Å². The Bertz CT molecular complexity index is 93.1. The Balaban J connectivity index is 2.94. The summed E-state index contributed by atoms with van der Waals surface area (Å²) in [7, 11) is 0. The van der Waals surface area contributed by atoms with Crippen LogP contribution >= 0.6 is 0 Å². The first-order valence-electron chi connectivity index (χ1n) is 3.03. The van der Waals surface area contributed by atoms with Gasteiger partial charge in [0.25, 0.3) is 0 Å². The van der Waals surface area contributed by atoms with Gasteiger partial charge in [0.05, 0.1) is 0 Å². The minimum atomic E-state index is 1.13. The second-order valence-corrected chi connectivity index (χ2v) is 1.71. The van der Waals surface area contributed by atoms with E-state index >= 15 is 0 Å². The van der Waals surface area contributed by atoms with E-state index in [2.05, 4.69) is 12.8 Å². The second kappa shape index (κ2) is 6.30. The lowest BCUT2D eigenvalue weighted by Crippen LogP contribution is -1.64. The van der Waals surface area contributed by atoms with Crippen molar-refractivity contribution in [1.82, 2.24) is 0 Å². The maximum Gasteiger partial charge on any atom is -0.0162 e. The number of unbranched alkanes of at least 4 members (excludes halogenated alkanes) is 2. The van der Waals surface area contributed by atoms with Gasteiger partial charge in [-0.25, -0.2) is 0 Å². The summed E-state index contributed by atoms with van der Waals surface area (Å²) in [4.78, 5) is 0. The van der Waals surface area contributed by atoms with Crippen molar-refractivity contribution in [2.45, 2.75) is 26.2 Å². The average Bonchev–Trinajstić information content (AvgIpc) is 1.81. The summed E-state index contributed by atoms with van der Waals surface area (Å²) in [5, 5.41) is 0. The van der Waals surface area contributed by atoms with Crippen LogP contribution in [0.2, 0.25) is 0 Å².